The molecule has 0 aliphatic carbocycles. The fourth-order valence-corrected chi connectivity index (χ4v) is 4.32. The zero-order chi connectivity index (χ0) is 24.8. The smallest absolute Gasteiger partial charge is 0.234 e. The summed E-state index contributed by atoms with van der Waals surface area (Å²) in [5, 5.41) is 11.7. The normalized spacial score (nSPS) is 10.7. The molecule has 4 rings (SSSR count). The van der Waals surface area contributed by atoms with Crippen LogP contribution in [-0.4, -0.2) is 33.5 Å². The lowest BCUT2D eigenvalue weighted by Crippen LogP contribution is -2.15. The summed E-state index contributed by atoms with van der Waals surface area (Å²) in [4.78, 5) is 12.6. The van der Waals surface area contributed by atoms with Crippen LogP contribution in [0.4, 0.5) is 10.1 Å². The molecule has 1 heterocycles. The van der Waals surface area contributed by atoms with Gasteiger partial charge in [0.15, 0.2) is 11.0 Å². The first-order valence-corrected chi connectivity index (χ1v) is 11.9. The summed E-state index contributed by atoms with van der Waals surface area (Å²) in [5.41, 5.74) is 3.14. The standard InChI is InChI=1S/C26H25FN4O3S/c1-17-12-18(2)14-19(13-17)28-25(32)16-35-26-30-29-24(31(26)23-7-5-4-6-22(23)27)15-34-21-10-8-20(33-3)9-11-21/h4-14H,15-16H2,1-3H3,(H,28,32). The van der Waals surface area contributed by atoms with Gasteiger partial charge in [-0.1, -0.05) is 30.0 Å². The predicted molar refractivity (Wildman–Crippen MR) is 134 cm³/mol. The second-order valence-electron chi connectivity index (χ2n) is 7.86. The van der Waals surface area contributed by atoms with E-state index in [1.807, 2.05) is 32.0 Å². The Morgan fingerprint density at radius 1 is 1.00 bits per heavy atom. The molecule has 0 bridgehead atoms. The van der Waals surface area contributed by atoms with Gasteiger partial charge in [-0.3, -0.25) is 9.36 Å². The maximum Gasteiger partial charge on any atom is 0.234 e. The Labute approximate surface area is 207 Å². The highest BCUT2D eigenvalue weighted by Crippen LogP contribution is 2.26. The van der Waals surface area contributed by atoms with E-state index in [9.17, 15) is 9.18 Å². The summed E-state index contributed by atoms with van der Waals surface area (Å²) in [6.45, 7) is 4.01. The number of ether oxygens (including phenoxy) is 2. The number of methoxy groups -OCH3 is 1. The largest absolute Gasteiger partial charge is 0.497 e. The Morgan fingerprint density at radius 3 is 2.37 bits per heavy atom. The zero-order valence-corrected chi connectivity index (χ0v) is 20.4. The average Bonchev–Trinajstić information content (AvgIpc) is 3.24. The highest BCUT2D eigenvalue weighted by molar-refractivity contribution is 7.99. The van der Waals surface area contributed by atoms with Crippen LogP contribution in [0.15, 0.2) is 71.9 Å². The van der Waals surface area contributed by atoms with E-state index in [-0.39, 0.29) is 24.0 Å². The second-order valence-corrected chi connectivity index (χ2v) is 8.81. The van der Waals surface area contributed by atoms with E-state index in [1.54, 1.807) is 54.1 Å². The van der Waals surface area contributed by atoms with E-state index >= 15 is 0 Å². The summed E-state index contributed by atoms with van der Waals surface area (Å²) in [6.07, 6.45) is 0. The van der Waals surface area contributed by atoms with Crippen molar-refractivity contribution in [2.24, 2.45) is 0 Å². The number of rotatable bonds is 9. The number of anilines is 1. The van der Waals surface area contributed by atoms with Crippen molar-refractivity contribution in [1.29, 1.82) is 0 Å². The number of aryl methyl sites for hydroxylation is 2. The summed E-state index contributed by atoms with van der Waals surface area (Å²) in [5.74, 6) is 1.18. The number of carbonyl (C=O) groups excluding carboxylic acids is 1. The lowest BCUT2D eigenvalue weighted by atomic mass is 10.1. The van der Waals surface area contributed by atoms with Crippen LogP contribution in [0.25, 0.3) is 5.69 Å². The van der Waals surface area contributed by atoms with Crippen LogP contribution in [0.3, 0.4) is 0 Å². The van der Waals surface area contributed by atoms with Crippen LogP contribution in [0.1, 0.15) is 17.0 Å². The number of benzene rings is 3. The molecule has 0 saturated heterocycles. The van der Waals surface area contributed by atoms with Crippen LogP contribution in [0.5, 0.6) is 11.5 Å². The molecule has 0 aliphatic heterocycles. The number of nitrogens with zero attached hydrogens (tertiary/aromatic N) is 3. The van der Waals surface area contributed by atoms with E-state index < -0.39 is 5.82 Å². The Bertz CT molecular complexity index is 1300. The summed E-state index contributed by atoms with van der Waals surface area (Å²) in [6, 6.07) is 19.3. The minimum atomic E-state index is -0.431. The van der Waals surface area contributed by atoms with Crippen molar-refractivity contribution in [2.75, 3.05) is 18.2 Å². The molecule has 1 amide bonds. The van der Waals surface area contributed by atoms with Gasteiger partial charge in [0, 0.05) is 5.69 Å². The Hall–Kier alpha value is -3.85. The first-order valence-electron chi connectivity index (χ1n) is 10.9. The number of hydrogen-bond acceptors (Lipinski definition) is 6. The monoisotopic (exact) mass is 492 g/mol. The van der Waals surface area contributed by atoms with Crippen molar-refractivity contribution < 1.29 is 18.7 Å². The zero-order valence-electron chi connectivity index (χ0n) is 19.6. The highest BCUT2D eigenvalue weighted by Gasteiger charge is 2.19. The minimum absolute atomic E-state index is 0.0585. The predicted octanol–water partition coefficient (Wildman–Crippen LogP) is 5.34. The van der Waals surface area contributed by atoms with E-state index in [0.717, 1.165) is 16.8 Å². The number of hydrogen-bond donors (Lipinski definition) is 1. The first-order chi connectivity index (χ1) is 16.9. The molecule has 35 heavy (non-hydrogen) atoms. The number of amides is 1. The number of halogens is 1. The topological polar surface area (TPSA) is 78.3 Å². The van der Waals surface area contributed by atoms with Crippen molar-refractivity contribution in [2.45, 2.75) is 25.6 Å². The molecule has 0 unspecified atom stereocenters. The molecule has 0 aliphatic rings. The molecular formula is C26H25FN4O3S. The summed E-state index contributed by atoms with van der Waals surface area (Å²) >= 11 is 1.17. The molecule has 9 heteroatoms. The number of thioether (sulfide) groups is 1. The Balaban J connectivity index is 1.51. The third-order valence-electron chi connectivity index (χ3n) is 5.06. The summed E-state index contributed by atoms with van der Waals surface area (Å²) in [7, 11) is 1.59. The van der Waals surface area contributed by atoms with E-state index in [0.29, 0.717) is 22.5 Å². The molecule has 0 fully saturated rings. The molecule has 0 spiro atoms. The van der Waals surface area contributed by atoms with E-state index in [1.165, 1.54) is 17.8 Å². The minimum Gasteiger partial charge on any atom is -0.497 e. The fraction of sp³-hybridized carbons (Fsp3) is 0.192. The van der Waals surface area contributed by atoms with Gasteiger partial charge < -0.3 is 14.8 Å². The van der Waals surface area contributed by atoms with Gasteiger partial charge in [-0.2, -0.15) is 0 Å². The van der Waals surface area contributed by atoms with Gasteiger partial charge in [0.05, 0.1) is 18.6 Å². The molecule has 180 valence electrons. The average molecular weight is 493 g/mol. The number of carbonyl (C=O) groups is 1. The second kappa shape index (κ2) is 11.1. The van der Waals surface area contributed by atoms with Gasteiger partial charge >= 0.3 is 0 Å². The van der Waals surface area contributed by atoms with Gasteiger partial charge in [-0.25, -0.2) is 4.39 Å². The van der Waals surface area contributed by atoms with E-state index in [4.69, 9.17) is 9.47 Å². The molecule has 4 aromatic rings. The summed E-state index contributed by atoms with van der Waals surface area (Å²) < 4.78 is 27.3. The number of nitrogens with one attached hydrogen (secondary N) is 1. The first kappa shape index (κ1) is 24.3. The van der Waals surface area contributed by atoms with Crippen molar-refractivity contribution >= 4 is 23.4 Å². The Morgan fingerprint density at radius 2 is 1.69 bits per heavy atom. The van der Waals surface area contributed by atoms with Crippen molar-refractivity contribution in [3.8, 4) is 17.2 Å². The van der Waals surface area contributed by atoms with Crippen LogP contribution in [-0.2, 0) is 11.4 Å². The molecule has 0 saturated carbocycles. The third-order valence-corrected chi connectivity index (χ3v) is 5.99. The van der Waals surface area contributed by atoms with Crippen LogP contribution in [0.2, 0.25) is 0 Å². The van der Waals surface area contributed by atoms with Gasteiger partial charge in [-0.15, -0.1) is 10.2 Å². The maximum absolute atomic E-state index is 14.7. The lowest BCUT2D eigenvalue weighted by molar-refractivity contribution is -0.113. The molecule has 0 atom stereocenters. The van der Waals surface area contributed by atoms with Gasteiger partial charge in [0.2, 0.25) is 5.91 Å². The molecule has 0 radical (unpaired) electrons. The third kappa shape index (κ3) is 6.19. The molecule has 3 aromatic carbocycles. The van der Waals surface area contributed by atoms with Crippen molar-refractivity contribution in [1.82, 2.24) is 14.8 Å². The Kier molecular flexibility index (Phi) is 7.67. The fourth-order valence-electron chi connectivity index (χ4n) is 3.56. The SMILES string of the molecule is COc1ccc(OCc2nnc(SCC(=O)Nc3cc(C)cc(C)c3)n2-c2ccccc2F)cc1. The van der Waals surface area contributed by atoms with Gasteiger partial charge in [0.1, 0.15) is 23.9 Å². The van der Waals surface area contributed by atoms with Gasteiger partial charge in [0.25, 0.3) is 0 Å². The van der Waals surface area contributed by atoms with Crippen LogP contribution < -0.4 is 14.8 Å². The number of para-hydroxylation sites is 1. The molecular weight excluding hydrogens is 467 g/mol. The highest BCUT2D eigenvalue weighted by atomic mass is 32.2. The molecule has 7 nitrogen and oxygen atoms in total. The van der Waals surface area contributed by atoms with Crippen molar-refractivity contribution in [3.63, 3.8) is 0 Å². The number of aromatic nitrogens is 3. The molecule has 1 N–H and O–H groups in total. The van der Waals surface area contributed by atoms with Crippen LogP contribution >= 0.6 is 11.8 Å². The molecule has 1 aromatic heterocycles. The lowest BCUT2D eigenvalue weighted by Gasteiger charge is -2.12. The van der Waals surface area contributed by atoms with Crippen LogP contribution in [0, 0.1) is 19.7 Å². The maximum atomic E-state index is 14.7. The van der Waals surface area contributed by atoms with Crippen molar-refractivity contribution in [3.05, 3.63) is 89.5 Å². The van der Waals surface area contributed by atoms with Gasteiger partial charge in [-0.05, 0) is 73.5 Å². The quantitative estimate of drug-likeness (QED) is 0.318. The van der Waals surface area contributed by atoms with E-state index in [2.05, 4.69) is 15.5 Å².